The van der Waals surface area contributed by atoms with Crippen LogP contribution < -0.4 is 0 Å². The molecule has 3 rings (SSSR count). The molecule has 1 amide bonds. The summed E-state index contributed by atoms with van der Waals surface area (Å²) in [4.78, 5) is 16.6. The van der Waals surface area contributed by atoms with Crippen LogP contribution in [-0.4, -0.2) is 53.5 Å². The first-order valence-corrected chi connectivity index (χ1v) is 8.99. The van der Waals surface area contributed by atoms with Gasteiger partial charge in [-0.05, 0) is 17.5 Å². The third-order valence-corrected chi connectivity index (χ3v) is 4.81. The number of piperazine rings is 1. The number of nitrogens with zero attached hydrogens (tertiary/aromatic N) is 2. The number of aliphatic hydroxyl groups is 1. The minimum absolute atomic E-state index is 0.229. The van der Waals surface area contributed by atoms with E-state index in [-0.39, 0.29) is 5.91 Å². The monoisotopic (exact) mass is 338 g/mol. The molecule has 0 saturated carbocycles. The molecular formula is C21H26N2O2. The van der Waals surface area contributed by atoms with Crippen LogP contribution in [0.4, 0.5) is 0 Å². The molecule has 1 unspecified atom stereocenters. The zero-order valence-corrected chi connectivity index (χ0v) is 14.6. The van der Waals surface area contributed by atoms with E-state index in [0.29, 0.717) is 13.0 Å². The summed E-state index contributed by atoms with van der Waals surface area (Å²) in [6, 6.07) is 19.9. The molecule has 0 radical (unpaired) electrons. The SMILES string of the molecule is O=C(CCc1ccccc1)N1CCN(CC(O)c2ccccc2)CC1. The van der Waals surface area contributed by atoms with E-state index >= 15 is 0 Å². The summed E-state index contributed by atoms with van der Waals surface area (Å²) in [5.41, 5.74) is 2.16. The van der Waals surface area contributed by atoms with Crippen LogP contribution >= 0.6 is 0 Å². The van der Waals surface area contributed by atoms with Gasteiger partial charge in [0.05, 0.1) is 6.10 Å². The van der Waals surface area contributed by atoms with Crippen LogP contribution in [0.15, 0.2) is 60.7 Å². The first-order chi connectivity index (χ1) is 12.2. The highest BCUT2D eigenvalue weighted by Crippen LogP contribution is 2.15. The van der Waals surface area contributed by atoms with Gasteiger partial charge in [0.25, 0.3) is 0 Å². The highest BCUT2D eigenvalue weighted by molar-refractivity contribution is 5.76. The zero-order valence-electron chi connectivity index (χ0n) is 14.6. The van der Waals surface area contributed by atoms with Gasteiger partial charge in [-0.25, -0.2) is 0 Å². The lowest BCUT2D eigenvalue weighted by atomic mass is 10.1. The van der Waals surface area contributed by atoms with E-state index in [2.05, 4.69) is 17.0 Å². The average molecular weight is 338 g/mol. The van der Waals surface area contributed by atoms with E-state index in [4.69, 9.17) is 0 Å². The van der Waals surface area contributed by atoms with E-state index in [0.717, 1.165) is 38.2 Å². The molecule has 132 valence electrons. The van der Waals surface area contributed by atoms with Gasteiger partial charge in [0.2, 0.25) is 5.91 Å². The van der Waals surface area contributed by atoms with Crippen molar-refractivity contribution >= 4 is 5.91 Å². The lowest BCUT2D eigenvalue weighted by Crippen LogP contribution is -2.49. The molecule has 1 atom stereocenters. The molecule has 0 aromatic heterocycles. The van der Waals surface area contributed by atoms with Gasteiger partial charge < -0.3 is 10.0 Å². The van der Waals surface area contributed by atoms with Crippen LogP contribution in [0.25, 0.3) is 0 Å². The van der Waals surface area contributed by atoms with Crippen molar-refractivity contribution in [3.8, 4) is 0 Å². The van der Waals surface area contributed by atoms with Crippen LogP contribution in [0.3, 0.4) is 0 Å². The van der Waals surface area contributed by atoms with Crippen LogP contribution in [0, 0.1) is 0 Å². The molecule has 1 fully saturated rings. The van der Waals surface area contributed by atoms with Gasteiger partial charge in [-0.15, -0.1) is 0 Å². The Morgan fingerprint density at radius 1 is 0.920 bits per heavy atom. The predicted molar refractivity (Wildman–Crippen MR) is 99.2 cm³/mol. The second kappa shape index (κ2) is 8.79. The normalized spacial score (nSPS) is 16.6. The molecule has 0 aliphatic carbocycles. The number of benzene rings is 2. The summed E-state index contributed by atoms with van der Waals surface area (Å²) in [5, 5.41) is 10.3. The number of amides is 1. The van der Waals surface area contributed by atoms with Gasteiger partial charge in [0.15, 0.2) is 0 Å². The Morgan fingerprint density at radius 3 is 2.16 bits per heavy atom. The maximum atomic E-state index is 12.4. The Kier molecular flexibility index (Phi) is 6.20. The Labute approximate surface area is 149 Å². The summed E-state index contributed by atoms with van der Waals surface area (Å²) < 4.78 is 0. The van der Waals surface area contributed by atoms with Crippen molar-refractivity contribution in [2.45, 2.75) is 18.9 Å². The van der Waals surface area contributed by atoms with Crippen LogP contribution in [0.1, 0.15) is 23.7 Å². The number of carbonyl (C=O) groups excluding carboxylic acids is 1. The maximum absolute atomic E-state index is 12.4. The molecule has 4 nitrogen and oxygen atoms in total. The zero-order chi connectivity index (χ0) is 17.5. The van der Waals surface area contributed by atoms with Gasteiger partial charge in [0.1, 0.15) is 0 Å². The van der Waals surface area contributed by atoms with E-state index in [1.165, 1.54) is 5.56 Å². The lowest BCUT2D eigenvalue weighted by molar-refractivity contribution is -0.133. The molecule has 0 bridgehead atoms. The third-order valence-electron chi connectivity index (χ3n) is 4.81. The minimum Gasteiger partial charge on any atom is -0.387 e. The molecule has 1 aliphatic heterocycles. The molecule has 1 saturated heterocycles. The molecule has 25 heavy (non-hydrogen) atoms. The fraction of sp³-hybridized carbons (Fsp3) is 0.381. The van der Waals surface area contributed by atoms with Gasteiger partial charge in [0, 0.05) is 39.1 Å². The molecular weight excluding hydrogens is 312 g/mol. The van der Waals surface area contributed by atoms with Gasteiger partial charge in [-0.3, -0.25) is 9.69 Å². The quantitative estimate of drug-likeness (QED) is 0.880. The number of β-amino-alcohol motifs (C(OH)–C–C–N with tert-alkyl or cyclic N) is 1. The van der Waals surface area contributed by atoms with E-state index in [9.17, 15) is 9.90 Å². The van der Waals surface area contributed by atoms with Crippen molar-refractivity contribution in [1.29, 1.82) is 0 Å². The topological polar surface area (TPSA) is 43.8 Å². The average Bonchev–Trinajstić information content (AvgIpc) is 2.68. The smallest absolute Gasteiger partial charge is 0.222 e. The van der Waals surface area contributed by atoms with Crippen LogP contribution in [0.2, 0.25) is 0 Å². The fourth-order valence-electron chi connectivity index (χ4n) is 3.26. The summed E-state index contributed by atoms with van der Waals surface area (Å²) in [6.07, 6.45) is 0.894. The van der Waals surface area contributed by atoms with Crippen molar-refractivity contribution in [3.05, 3.63) is 71.8 Å². The maximum Gasteiger partial charge on any atom is 0.222 e. The number of aliphatic hydroxyl groups excluding tert-OH is 1. The molecule has 1 aliphatic rings. The Balaban J connectivity index is 1.41. The van der Waals surface area contributed by atoms with Crippen molar-refractivity contribution < 1.29 is 9.90 Å². The highest BCUT2D eigenvalue weighted by atomic mass is 16.3. The molecule has 2 aromatic rings. The second-order valence-electron chi connectivity index (χ2n) is 6.59. The minimum atomic E-state index is -0.471. The Bertz CT molecular complexity index is 652. The van der Waals surface area contributed by atoms with Crippen molar-refractivity contribution in [2.24, 2.45) is 0 Å². The molecule has 4 heteroatoms. The van der Waals surface area contributed by atoms with Gasteiger partial charge in [-0.2, -0.15) is 0 Å². The fourth-order valence-corrected chi connectivity index (χ4v) is 3.26. The number of aryl methyl sites for hydroxylation is 1. The molecule has 1 N–H and O–H groups in total. The highest BCUT2D eigenvalue weighted by Gasteiger charge is 2.22. The summed E-state index contributed by atoms with van der Waals surface area (Å²) in [5.74, 6) is 0.229. The summed E-state index contributed by atoms with van der Waals surface area (Å²) in [7, 11) is 0. The molecule has 0 spiro atoms. The predicted octanol–water partition coefficient (Wildman–Crippen LogP) is 2.50. The first kappa shape index (κ1) is 17.6. The van der Waals surface area contributed by atoms with Crippen LogP contribution in [-0.2, 0) is 11.2 Å². The number of hydrogen-bond donors (Lipinski definition) is 1. The van der Waals surface area contributed by atoms with Crippen molar-refractivity contribution in [2.75, 3.05) is 32.7 Å². The summed E-state index contributed by atoms with van der Waals surface area (Å²) in [6.45, 7) is 3.75. The van der Waals surface area contributed by atoms with Gasteiger partial charge >= 0.3 is 0 Å². The largest absolute Gasteiger partial charge is 0.387 e. The van der Waals surface area contributed by atoms with Crippen LogP contribution in [0.5, 0.6) is 0 Å². The summed E-state index contributed by atoms with van der Waals surface area (Å²) >= 11 is 0. The second-order valence-corrected chi connectivity index (χ2v) is 6.59. The molecule has 2 aromatic carbocycles. The van der Waals surface area contributed by atoms with Crippen molar-refractivity contribution in [3.63, 3.8) is 0 Å². The van der Waals surface area contributed by atoms with E-state index in [1.807, 2.05) is 53.4 Å². The van der Waals surface area contributed by atoms with E-state index in [1.54, 1.807) is 0 Å². The molecule has 1 heterocycles. The van der Waals surface area contributed by atoms with Gasteiger partial charge in [-0.1, -0.05) is 60.7 Å². The Morgan fingerprint density at radius 2 is 1.52 bits per heavy atom. The number of rotatable bonds is 6. The van der Waals surface area contributed by atoms with Crippen molar-refractivity contribution in [1.82, 2.24) is 9.80 Å². The number of carbonyl (C=O) groups is 1. The third kappa shape index (κ3) is 5.15. The standard InChI is InChI=1S/C21H26N2O2/c24-20(19-9-5-2-6-10-19)17-22-13-15-23(16-14-22)21(25)12-11-18-7-3-1-4-8-18/h1-10,20,24H,11-17H2. The number of hydrogen-bond acceptors (Lipinski definition) is 3. The first-order valence-electron chi connectivity index (χ1n) is 8.99. The Hall–Kier alpha value is -2.17. The van der Waals surface area contributed by atoms with E-state index < -0.39 is 6.10 Å². The lowest BCUT2D eigenvalue weighted by Gasteiger charge is -2.35.